The van der Waals surface area contributed by atoms with Crippen LogP contribution in [0.1, 0.15) is 30.4 Å². The van der Waals surface area contributed by atoms with Crippen LogP contribution < -0.4 is 5.32 Å². The second-order valence-electron chi connectivity index (χ2n) is 4.95. The van der Waals surface area contributed by atoms with Gasteiger partial charge in [0.1, 0.15) is 0 Å². The maximum atomic E-state index is 11.9. The summed E-state index contributed by atoms with van der Waals surface area (Å²) in [6.07, 6.45) is 7.12. The summed E-state index contributed by atoms with van der Waals surface area (Å²) in [5.74, 6) is 0.554. The van der Waals surface area contributed by atoms with Gasteiger partial charge in [0.2, 0.25) is 5.91 Å². The molecule has 3 heteroatoms. The summed E-state index contributed by atoms with van der Waals surface area (Å²) < 4.78 is 5.16. The highest BCUT2D eigenvalue weighted by Gasteiger charge is 2.13. The molecular weight excluding hydrogens is 238 g/mol. The lowest BCUT2D eigenvalue weighted by molar-refractivity contribution is -0.121. The molecule has 1 amide bonds. The molecule has 0 unspecified atom stereocenters. The fourth-order valence-corrected chi connectivity index (χ4v) is 2.40. The van der Waals surface area contributed by atoms with Crippen LogP contribution in [0.2, 0.25) is 0 Å². The van der Waals surface area contributed by atoms with E-state index in [0.29, 0.717) is 25.5 Å². The minimum absolute atomic E-state index is 0.128. The molecule has 0 fully saturated rings. The first-order valence-electron chi connectivity index (χ1n) is 6.78. The molecule has 1 aromatic rings. The molecule has 1 aliphatic rings. The Morgan fingerprint density at radius 1 is 1.37 bits per heavy atom. The lowest BCUT2D eigenvalue weighted by Gasteiger charge is -2.11. The first-order chi connectivity index (χ1) is 9.29. The summed E-state index contributed by atoms with van der Waals surface area (Å²) in [6, 6.07) is 8.04. The van der Waals surface area contributed by atoms with Crippen LogP contribution in [0.4, 0.5) is 0 Å². The first kappa shape index (κ1) is 13.8. The minimum atomic E-state index is 0.128. The third-order valence-corrected chi connectivity index (χ3v) is 3.45. The average molecular weight is 259 g/mol. The molecule has 0 heterocycles. The fraction of sp³-hybridized carbons (Fsp3) is 0.438. The van der Waals surface area contributed by atoms with Crippen LogP contribution in [-0.2, 0) is 22.7 Å². The van der Waals surface area contributed by atoms with Crippen molar-refractivity contribution in [3.63, 3.8) is 0 Å². The Morgan fingerprint density at radius 3 is 2.84 bits per heavy atom. The Balaban J connectivity index is 1.84. The van der Waals surface area contributed by atoms with Crippen LogP contribution >= 0.6 is 0 Å². The van der Waals surface area contributed by atoms with E-state index in [1.807, 2.05) is 24.3 Å². The van der Waals surface area contributed by atoms with E-state index in [1.165, 1.54) is 0 Å². The number of hydrogen-bond donors (Lipinski definition) is 1. The first-order valence-corrected chi connectivity index (χ1v) is 6.78. The molecule has 1 aliphatic carbocycles. The standard InChI is InChI=1S/C16H21NO2/c1-19-12-15-9-5-4-8-14(15)11-17-16(18)10-13-6-2-3-7-13/h2,4-6,8-9,13H,3,7,10-12H2,1H3,(H,17,18)/t13-/m1/s1. The smallest absolute Gasteiger partial charge is 0.220 e. The van der Waals surface area contributed by atoms with Crippen molar-refractivity contribution in [1.29, 1.82) is 0 Å². The van der Waals surface area contributed by atoms with E-state index in [2.05, 4.69) is 17.5 Å². The number of allylic oxidation sites excluding steroid dienone is 2. The monoisotopic (exact) mass is 259 g/mol. The molecule has 0 aliphatic heterocycles. The number of benzene rings is 1. The van der Waals surface area contributed by atoms with E-state index in [0.717, 1.165) is 24.0 Å². The van der Waals surface area contributed by atoms with Gasteiger partial charge in [-0.15, -0.1) is 0 Å². The second kappa shape index (κ2) is 7.10. The highest BCUT2D eigenvalue weighted by Crippen LogP contribution is 2.20. The maximum absolute atomic E-state index is 11.9. The van der Waals surface area contributed by atoms with Gasteiger partial charge in [-0.1, -0.05) is 36.4 Å². The van der Waals surface area contributed by atoms with Gasteiger partial charge in [-0.2, -0.15) is 0 Å². The van der Waals surface area contributed by atoms with Gasteiger partial charge < -0.3 is 10.1 Å². The number of hydrogen-bond acceptors (Lipinski definition) is 2. The van der Waals surface area contributed by atoms with Gasteiger partial charge in [0.15, 0.2) is 0 Å². The predicted molar refractivity (Wildman–Crippen MR) is 75.5 cm³/mol. The molecule has 0 radical (unpaired) electrons. The largest absolute Gasteiger partial charge is 0.380 e. The van der Waals surface area contributed by atoms with E-state index >= 15 is 0 Å². The number of nitrogens with one attached hydrogen (secondary N) is 1. The van der Waals surface area contributed by atoms with Gasteiger partial charge in [-0.05, 0) is 29.9 Å². The molecule has 0 bridgehead atoms. The van der Waals surface area contributed by atoms with Crippen LogP contribution in [0.3, 0.4) is 0 Å². The topological polar surface area (TPSA) is 38.3 Å². The minimum Gasteiger partial charge on any atom is -0.380 e. The van der Waals surface area contributed by atoms with Gasteiger partial charge in [0, 0.05) is 20.1 Å². The van der Waals surface area contributed by atoms with Crippen molar-refractivity contribution in [2.75, 3.05) is 7.11 Å². The lowest BCUT2D eigenvalue weighted by Crippen LogP contribution is -2.24. The zero-order valence-corrected chi connectivity index (χ0v) is 11.4. The molecule has 0 aromatic heterocycles. The van der Waals surface area contributed by atoms with Crippen LogP contribution in [0, 0.1) is 5.92 Å². The Labute approximate surface area is 114 Å². The van der Waals surface area contributed by atoms with Gasteiger partial charge >= 0.3 is 0 Å². The number of rotatable bonds is 6. The highest BCUT2D eigenvalue weighted by atomic mass is 16.5. The number of methoxy groups -OCH3 is 1. The summed E-state index contributed by atoms with van der Waals surface area (Å²) in [7, 11) is 1.68. The fourth-order valence-electron chi connectivity index (χ4n) is 2.40. The average Bonchev–Trinajstić information content (AvgIpc) is 2.91. The van der Waals surface area contributed by atoms with Crippen molar-refractivity contribution in [2.24, 2.45) is 5.92 Å². The van der Waals surface area contributed by atoms with Crippen molar-refractivity contribution in [2.45, 2.75) is 32.4 Å². The van der Waals surface area contributed by atoms with Gasteiger partial charge in [-0.3, -0.25) is 4.79 Å². The van der Waals surface area contributed by atoms with Crippen molar-refractivity contribution in [1.82, 2.24) is 5.32 Å². The summed E-state index contributed by atoms with van der Waals surface area (Å²) in [4.78, 5) is 11.9. The SMILES string of the molecule is COCc1ccccc1CNC(=O)C[C@@H]1C=CCC1. The summed E-state index contributed by atoms with van der Waals surface area (Å²) in [5, 5.41) is 3.00. The molecule has 2 rings (SSSR count). The third kappa shape index (κ3) is 4.21. The second-order valence-corrected chi connectivity index (χ2v) is 4.95. The Bertz CT molecular complexity index is 454. The van der Waals surface area contributed by atoms with Gasteiger partial charge in [-0.25, -0.2) is 0 Å². The summed E-state index contributed by atoms with van der Waals surface area (Å²) in [6.45, 7) is 1.16. The zero-order chi connectivity index (χ0) is 13.5. The van der Waals surface area contributed by atoms with E-state index in [4.69, 9.17) is 4.74 Å². The van der Waals surface area contributed by atoms with Crippen LogP contribution in [0.5, 0.6) is 0 Å². The lowest BCUT2D eigenvalue weighted by atomic mass is 10.0. The summed E-state index contributed by atoms with van der Waals surface area (Å²) in [5.41, 5.74) is 2.26. The molecular formula is C16H21NO2. The van der Waals surface area contributed by atoms with Gasteiger partial charge in [0.05, 0.1) is 6.61 Å². The van der Waals surface area contributed by atoms with E-state index in [-0.39, 0.29) is 5.91 Å². The molecule has 0 saturated heterocycles. The van der Waals surface area contributed by atoms with E-state index in [1.54, 1.807) is 7.11 Å². The van der Waals surface area contributed by atoms with Crippen LogP contribution in [0.25, 0.3) is 0 Å². The molecule has 3 nitrogen and oxygen atoms in total. The van der Waals surface area contributed by atoms with Crippen LogP contribution in [0.15, 0.2) is 36.4 Å². The molecule has 0 saturated carbocycles. The molecule has 0 spiro atoms. The Hall–Kier alpha value is -1.61. The van der Waals surface area contributed by atoms with Crippen molar-refractivity contribution in [3.05, 3.63) is 47.5 Å². The van der Waals surface area contributed by atoms with Crippen molar-refractivity contribution in [3.8, 4) is 0 Å². The molecule has 102 valence electrons. The molecule has 19 heavy (non-hydrogen) atoms. The van der Waals surface area contributed by atoms with Gasteiger partial charge in [0.25, 0.3) is 0 Å². The third-order valence-electron chi connectivity index (χ3n) is 3.45. The number of carbonyl (C=O) groups excluding carboxylic acids is 1. The van der Waals surface area contributed by atoms with Crippen molar-refractivity contribution < 1.29 is 9.53 Å². The predicted octanol–water partition coefficient (Wildman–Crippen LogP) is 2.81. The molecule has 1 aromatic carbocycles. The maximum Gasteiger partial charge on any atom is 0.220 e. The Kier molecular flexibility index (Phi) is 5.16. The normalized spacial score (nSPS) is 17.6. The number of ether oxygens (including phenoxy) is 1. The number of carbonyl (C=O) groups is 1. The van der Waals surface area contributed by atoms with Crippen LogP contribution in [-0.4, -0.2) is 13.0 Å². The van der Waals surface area contributed by atoms with E-state index < -0.39 is 0 Å². The summed E-state index contributed by atoms with van der Waals surface area (Å²) >= 11 is 0. The number of amides is 1. The molecule has 1 N–H and O–H groups in total. The quantitative estimate of drug-likeness (QED) is 0.798. The highest BCUT2D eigenvalue weighted by molar-refractivity contribution is 5.76. The molecule has 1 atom stereocenters. The van der Waals surface area contributed by atoms with E-state index in [9.17, 15) is 4.79 Å². The Morgan fingerprint density at radius 2 is 2.16 bits per heavy atom. The zero-order valence-electron chi connectivity index (χ0n) is 11.4. The van der Waals surface area contributed by atoms with Crippen molar-refractivity contribution >= 4 is 5.91 Å².